The molecule has 2 amide bonds. The van der Waals surface area contributed by atoms with Crippen LogP contribution in [0.5, 0.6) is 11.5 Å². The van der Waals surface area contributed by atoms with E-state index in [1.54, 1.807) is 41.3 Å². The minimum atomic E-state index is -1.16. The number of pyridine rings is 2. The van der Waals surface area contributed by atoms with Crippen LogP contribution < -0.4 is 15.4 Å². The van der Waals surface area contributed by atoms with Gasteiger partial charge in [-0.25, -0.2) is 9.37 Å². The number of hydrogen-bond acceptors (Lipinski definition) is 6. The zero-order valence-corrected chi connectivity index (χ0v) is 18.7. The number of hydrogen-bond donors (Lipinski definition) is 2. The predicted octanol–water partition coefficient (Wildman–Crippen LogP) is 4.17. The third-order valence-electron chi connectivity index (χ3n) is 5.67. The molecule has 0 spiro atoms. The molecule has 0 radical (unpaired) electrons. The molecule has 3 heterocycles. The number of carbonyl (C=O) groups excluding carboxylic acids is 2. The molecule has 0 unspecified atom stereocenters. The molecule has 9 nitrogen and oxygen atoms in total. The molecule has 1 fully saturated rings. The average Bonchev–Trinajstić information content (AvgIpc) is 3.57. The van der Waals surface area contributed by atoms with Gasteiger partial charge in [-0.15, -0.1) is 0 Å². The third-order valence-corrected chi connectivity index (χ3v) is 5.67. The molecule has 3 aromatic heterocycles. The number of rotatable bonds is 7. The quantitative estimate of drug-likeness (QED) is 0.391. The summed E-state index contributed by atoms with van der Waals surface area (Å²) in [5.74, 6) is 0.0813. The van der Waals surface area contributed by atoms with Crippen LogP contribution in [0.2, 0.25) is 0 Å². The smallest absolute Gasteiger partial charge is 0.241 e. The van der Waals surface area contributed by atoms with Crippen LogP contribution in [0.1, 0.15) is 12.8 Å². The Hall–Kier alpha value is -4.60. The summed E-state index contributed by atoms with van der Waals surface area (Å²) >= 11 is 0. The molecule has 2 N–H and O–H groups in total. The molecule has 176 valence electrons. The van der Waals surface area contributed by atoms with Gasteiger partial charge >= 0.3 is 0 Å². The lowest BCUT2D eigenvalue weighted by molar-refractivity contribution is -0.131. The normalized spacial score (nSPS) is 13.7. The third kappa shape index (κ3) is 4.86. The van der Waals surface area contributed by atoms with Gasteiger partial charge in [0.25, 0.3) is 0 Å². The summed E-state index contributed by atoms with van der Waals surface area (Å²) in [6.07, 6.45) is 7.56. The molecule has 1 aromatic carbocycles. The summed E-state index contributed by atoms with van der Waals surface area (Å²) < 4.78 is 20.6. The van der Waals surface area contributed by atoms with Gasteiger partial charge in [-0.05, 0) is 55.3 Å². The van der Waals surface area contributed by atoms with Gasteiger partial charge in [0.15, 0.2) is 0 Å². The Labute approximate surface area is 200 Å². The Bertz CT molecular complexity index is 1380. The number of carbonyl (C=O) groups is 2. The van der Waals surface area contributed by atoms with Gasteiger partial charge in [-0.1, -0.05) is 0 Å². The van der Waals surface area contributed by atoms with E-state index in [2.05, 4.69) is 25.7 Å². The number of amides is 2. The van der Waals surface area contributed by atoms with Crippen LogP contribution in [-0.4, -0.2) is 31.6 Å². The summed E-state index contributed by atoms with van der Waals surface area (Å²) in [5, 5.41) is 9.52. The summed E-state index contributed by atoms with van der Waals surface area (Å²) in [6.45, 7) is 0. The average molecular weight is 472 g/mol. The first kappa shape index (κ1) is 22.2. The molecule has 35 heavy (non-hydrogen) atoms. The molecule has 1 aliphatic carbocycles. The molecule has 0 atom stereocenters. The second-order valence-electron chi connectivity index (χ2n) is 8.26. The van der Waals surface area contributed by atoms with E-state index >= 15 is 0 Å². The molecule has 0 bridgehead atoms. The van der Waals surface area contributed by atoms with Gasteiger partial charge in [0.2, 0.25) is 11.8 Å². The molecule has 5 rings (SSSR count). The zero-order valence-electron chi connectivity index (χ0n) is 18.7. The number of nitrogens with zero attached hydrogens (tertiary/aromatic N) is 4. The fourth-order valence-electron chi connectivity index (χ4n) is 3.54. The molecule has 1 aliphatic rings. The van der Waals surface area contributed by atoms with Crippen molar-refractivity contribution in [2.75, 3.05) is 10.6 Å². The lowest BCUT2D eigenvalue weighted by Gasteiger charge is -2.15. The van der Waals surface area contributed by atoms with E-state index in [9.17, 15) is 14.0 Å². The lowest BCUT2D eigenvalue weighted by atomic mass is 10.0. The number of ether oxygens (including phenoxy) is 1. The number of halogens is 1. The van der Waals surface area contributed by atoms with Crippen LogP contribution >= 0.6 is 0 Å². The highest BCUT2D eigenvalue weighted by atomic mass is 19.1. The van der Waals surface area contributed by atoms with E-state index in [4.69, 9.17) is 4.74 Å². The molecule has 1 saturated carbocycles. The van der Waals surface area contributed by atoms with Crippen molar-refractivity contribution >= 4 is 23.3 Å². The van der Waals surface area contributed by atoms with Crippen LogP contribution in [0, 0.1) is 11.2 Å². The second-order valence-corrected chi connectivity index (χ2v) is 8.26. The summed E-state index contributed by atoms with van der Waals surface area (Å²) in [5.41, 5.74) is 0.857. The summed E-state index contributed by atoms with van der Waals surface area (Å²) in [6, 6.07) is 12.2. The predicted molar refractivity (Wildman–Crippen MR) is 126 cm³/mol. The van der Waals surface area contributed by atoms with Crippen molar-refractivity contribution < 1.29 is 18.7 Å². The zero-order chi connectivity index (χ0) is 24.4. The minimum Gasteiger partial charge on any atom is -0.456 e. The molecular formula is C25H21FN6O3. The Morgan fingerprint density at radius 3 is 2.40 bits per heavy atom. The van der Waals surface area contributed by atoms with E-state index < -0.39 is 23.0 Å². The molecule has 4 aromatic rings. The molecule has 10 heteroatoms. The Balaban J connectivity index is 1.21. The van der Waals surface area contributed by atoms with E-state index in [0.29, 0.717) is 35.8 Å². The first-order chi connectivity index (χ1) is 16.9. The van der Waals surface area contributed by atoms with Crippen molar-refractivity contribution in [3.05, 3.63) is 79.1 Å². The van der Waals surface area contributed by atoms with Crippen LogP contribution in [0.4, 0.5) is 15.9 Å². The van der Waals surface area contributed by atoms with Crippen LogP contribution in [0.15, 0.2) is 73.3 Å². The van der Waals surface area contributed by atoms with Crippen molar-refractivity contribution in [1.29, 1.82) is 0 Å². The van der Waals surface area contributed by atoms with Crippen molar-refractivity contribution in [2.24, 2.45) is 12.5 Å². The number of nitrogens with one attached hydrogen (secondary N) is 2. The highest BCUT2D eigenvalue weighted by Crippen LogP contribution is 2.47. The fraction of sp³-hybridized carbons (Fsp3) is 0.160. The van der Waals surface area contributed by atoms with Crippen LogP contribution in [-0.2, 0) is 16.6 Å². The fourth-order valence-corrected chi connectivity index (χ4v) is 3.54. The minimum absolute atomic E-state index is 0.300. The van der Waals surface area contributed by atoms with E-state index in [1.165, 1.54) is 30.5 Å². The van der Waals surface area contributed by atoms with Gasteiger partial charge in [0.1, 0.15) is 28.5 Å². The number of aromatic nitrogens is 4. The maximum Gasteiger partial charge on any atom is 0.241 e. The molecular weight excluding hydrogens is 451 g/mol. The number of aryl methyl sites for hydroxylation is 1. The first-order valence-electron chi connectivity index (χ1n) is 10.9. The van der Waals surface area contributed by atoms with Gasteiger partial charge < -0.3 is 15.4 Å². The SMILES string of the molecule is Cn1cc(-c2cc(Oc3ccc(NC(=O)C4(C(=O)Nc5ccc(F)cc5)CC4)nc3)ccn2)cn1. The highest BCUT2D eigenvalue weighted by molar-refractivity contribution is 6.16. The maximum atomic E-state index is 13.1. The Morgan fingerprint density at radius 1 is 0.971 bits per heavy atom. The topological polar surface area (TPSA) is 111 Å². The highest BCUT2D eigenvalue weighted by Gasteiger charge is 2.56. The standard InChI is InChI=1S/C25H21FN6O3/c1-32-15-16(13-29-32)21-12-19(8-11-27-21)35-20-6-7-22(28-14-20)31-24(34)25(9-10-25)23(33)30-18-4-2-17(26)3-5-18/h2-8,11-15H,9-10H2,1H3,(H,30,33)(H,28,31,34). The lowest BCUT2D eigenvalue weighted by Crippen LogP contribution is -2.35. The van der Waals surface area contributed by atoms with Crippen molar-refractivity contribution in [1.82, 2.24) is 19.7 Å². The van der Waals surface area contributed by atoms with Crippen molar-refractivity contribution in [3.8, 4) is 22.8 Å². The Morgan fingerprint density at radius 2 is 1.74 bits per heavy atom. The molecule has 0 aliphatic heterocycles. The second kappa shape index (κ2) is 8.98. The maximum absolute atomic E-state index is 13.1. The first-order valence-corrected chi connectivity index (χ1v) is 10.9. The summed E-state index contributed by atoms with van der Waals surface area (Å²) in [7, 11) is 1.83. The van der Waals surface area contributed by atoms with Crippen molar-refractivity contribution in [3.63, 3.8) is 0 Å². The van der Waals surface area contributed by atoms with E-state index in [1.807, 2.05) is 13.2 Å². The molecule has 0 saturated heterocycles. The van der Waals surface area contributed by atoms with Crippen molar-refractivity contribution in [2.45, 2.75) is 12.8 Å². The van der Waals surface area contributed by atoms with Gasteiger partial charge in [-0.3, -0.25) is 19.3 Å². The van der Waals surface area contributed by atoms with Crippen LogP contribution in [0.25, 0.3) is 11.3 Å². The van der Waals surface area contributed by atoms with Gasteiger partial charge in [0, 0.05) is 36.8 Å². The van der Waals surface area contributed by atoms with Gasteiger partial charge in [-0.2, -0.15) is 5.10 Å². The number of anilines is 2. The van der Waals surface area contributed by atoms with E-state index in [-0.39, 0.29) is 0 Å². The van der Waals surface area contributed by atoms with Gasteiger partial charge in [0.05, 0.1) is 18.1 Å². The van der Waals surface area contributed by atoms with E-state index in [0.717, 1.165) is 11.3 Å². The monoisotopic (exact) mass is 472 g/mol. The Kier molecular flexibility index (Phi) is 5.69. The largest absolute Gasteiger partial charge is 0.456 e. The summed E-state index contributed by atoms with van der Waals surface area (Å²) in [4.78, 5) is 34.1. The number of benzene rings is 1. The van der Waals surface area contributed by atoms with Crippen LogP contribution in [0.3, 0.4) is 0 Å².